The van der Waals surface area contributed by atoms with Gasteiger partial charge in [-0.2, -0.15) is 0 Å². The largest absolute Gasteiger partial charge is 0.473 e. The van der Waals surface area contributed by atoms with Crippen LogP contribution in [0.25, 0.3) is 0 Å². The molecule has 2 heterocycles. The number of nitrogens with zero attached hydrogens (tertiary/aromatic N) is 4. The molecule has 8 heteroatoms. The van der Waals surface area contributed by atoms with E-state index in [2.05, 4.69) is 45.3 Å². The van der Waals surface area contributed by atoms with Gasteiger partial charge in [-0.1, -0.05) is 51.4 Å². The van der Waals surface area contributed by atoms with Crippen LogP contribution in [0.5, 0.6) is 0 Å². The molecule has 0 aliphatic rings. The Morgan fingerprint density at radius 2 is 0.967 bits per heavy atom. The minimum atomic E-state index is -1.82. The molecule has 0 saturated carbocycles. The zero-order valence-electron chi connectivity index (χ0n) is 18.3. The van der Waals surface area contributed by atoms with E-state index in [0.717, 1.165) is 24.7 Å². The molecule has 0 spiro atoms. The van der Waals surface area contributed by atoms with Crippen LogP contribution < -0.4 is 0 Å². The van der Waals surface area contributed by atoms with E-state index in [1.807, 2.05) is 12.4 Å². The Morgan fingerprint density at radius 3 is 1.20 bits per heavy atom. The summed E-state index contributed by atoms with van der Waals surface area (Å²) in [5, 5.41) is 14.8. The molecular weight excluding hydrogens is 384 g/mol. The molecular formula is C22H36N4O4. The fourth-order valence-electron chi connectivity index (χ4n) is 3.26. The topological polar surface area (TPSA) is 110 Å². The van der Waals surface area contributed by atoms with Gasteiger partial charge >= 0.3 is 11.9 Å². The third-order valence-electron chi connectivity index (χ3n) is 5.08. The number of carboxylic acid groups (broad SMARTS) is 2. The van der Waals surface area contributed by atoms with Gasteiger partial charge in [0.1, 0.15) is 11.6 Å². The van der Waals surface area contributed by atoms with Crippen LogP contribution in [-0.2, 0) is 22.7 Å². The Hall–Kier alpha value is -2.64. The van der Waals surface area contributed by atoms with Crippen molar-refractivity contribution in [2.45, 2.75) is 91.1 Å². The van der Waals surface area contributed by atoms with Gasteiger partial charge < -0.3 is 19.3 Å². The molecule has 2 N–H and O–H groups in total. The van der Waals surface area contributed by atoms with Gasteiger partial charge in [0.15, 0.2) is 0 Å². The number of imidazole rings is 2. The van der Waals surface area contributed by atoms with Crippen molar-refractivity contribution in [2.24, 2.45) is 0 Å². The minimum Gasteiger partial charge on any atom is -0.473 e. The number of carbonyl (C=O) groups is 2. The van der Waals surface area contributed by atoms with Gasteiger partial charge in [-0.25, -0.2) is 19.6 Å². The molecule has 0 aromatic carbocycles. The lowest BCUT2D eigenvalue weighted by molar-refractivity contribution is -0.159. The molecule has 2 aromatic rings. The standard InChI is InChI=1S/C20H34N4.C2H2O4/c1-19-21-13-17-23(19)15-11-9-7-5-3-4-6-8-10-12-16-24-18-14-22-20(24)2;3-1(4)2(5)6/h13-14,17-18H,3-12,15-16H2,1-2H3;(H,3,4)(H,5,6). The number of rotatable bonds is 13. The third kappa shape index (κ3) is 11.4. The third-order valence-corrected chi connectivity index (χ3v) is 5.08. The number of unbranched alkanes of at least 4 members (excludes halogenated alkanes) is 9. The van der Waals surface area contributed by atoms with Gasteiger partial charge in [0.05, 0.1) is 0 Å². The average molecular weight is 421 g/mol. The van der Waals surface area contributed by atoms with Crippen molar-refractivity contribution in [1.82, 2.24) is 19.1 Å². The summed E-state index contributed by atoms with van der Waals surface area (Å²) in [5.41, 5.74) is 0. The van der Waals surface area contributed by atoms with Gasteiger partial charge in [-0.3, -0.25) is 0 Å². The van der Waals surface area contributed by atoms with Crippen LogP contribution in [0, 0.1) is 13.8 Å². The van der Waals surface area contributed by atoms with E-state index in [0.29, 0.717) is 0 Å². The van der Waals surface area contributed by atoms with E-state index in [1.165, 1.54) is 64.2 Å². The zero-order valence-corrected chi connectivity index (χ0v) is 18.3. The summed E-state index contributed by atoms with van der Waals surface area (Å²) in [5.74, 6) is -1.37. The van der Waals surface area contributed by atoms with E-state index in [1.54, 1.807) is 0 Å². The Morgan fingerprint density at radius 1 is 0.667 bits per heavy atom. The quantitative estimate of drug-likeness (QED) is 0.366. The smallest absolute Gasteiger partial charge is 0.414 e. The summed E-state index contributed by atoms with van der Waals surface area (Å²) in [4.78, 5) is 26.7. The highest BCUT2D eigenvalue weighted by molar-refractivity contribution is 6.27. The Balaban J connectivity index is 0.000000656. The lowest BCUT2D eigenvalue weighted by Crippen LogP contribution is -2.09. The zero-order chi connectivity index (χ0) is 22.2. The molecule has 0 aliphatic heterocycles. The molecule has 0 radical (unpaired) electrons. The summed E-state index contributed by atoms with van der Waals surface area (Å²) in [6.45, 7) is 6.41. The highest BCUT2D eigenvalue weighted by Crippen LogP contribution is 2.12. The summed E-state index contributed by atoms with van der Waals surface area (Å²) < 4.78 is 4.51. The second-order valence-corrected chi connectivity index (χ2v) is 7.48. The van der Waals surface area contributed by atoms with Crippen LogP contribution in [0.2, 0.25) is 0 Å². The molecule has 168 valence electrons. The molecule has 0 bridgehead atoms. The first-order valence-corrected chi connectivity index (χ1v) is 10.8. The average Bonchev–Trinajstić information content (AvgIpc) is 3.31. The van der Waals surface area contributed by atoms with Gasteiger partial charge in [0, 0.05) is 37.9 Å². The first-order chi connectivity index (χ1) is 14.4. The predicted molar refractivity (Wildman–Crippen MR) is 115 cm³/mol. The highest BCUT2D eigenvalue weighted by Gasteiger charge is 2.04. The maximum absolute atomic E-state index is 9.10. The van der Waals surface area contributed by atoms with Gasteiger partial charge in [0.25, 0.3) is 0 Å². The SMILES string of the molecule is Cc1nccn1CCCCCCCCCCCCn1ccnc1C.O=C(O)C(=O)O. The molecule has 2 aromatic heterocycles. The van der Waals surface area contributed by atoms with E-state index < -0.39 is 11.9 Å². The van der Waals surface area contributed by atoms with Crippen molar-refractivity contribution < 1.29 is 19.8 Å². The van der Waals surface area contributed by atoms with E-state index in [9.17, 15) is 0 Å². The van der Waals surface area contributed by atoms with Crippen LogP contribution >= 0.6 is 0 Å². The monoisotopic (exact) mass is 420 g/mol. The number of hydrogen-bond acceptors (Lipinski definition) is 4. The van der Waals surface area contributed by atoms with E-state index in [4.69, 9.17) is 19.8 Å². The van der Waals surface area contributed by atoms with Crippen LogP contribution in [0.3, 0.4) is 0 Å². The minimum absolute atomic E-state index is 1.13. The van der Waals surface area contributed by atoms with Crippen molar-refractivity contribution >= 4 is 11.9 Å². The number of aliphatic carboxylic acids is 2. The normalized spacial score (nSPS) is 10.5. The maximum atomic E-state index is 9.10. The highest BCUT2D eigenvalue weighted by atomic mass is 16.4. The van der Waals surface area contributed by atoms with Crippen molar-refractivity contribution in [2.75, 3.05) is 0 Å². The van der Waals surface area contributed by atoms with Crippen LogP contribution in [-0.4, -0.2) is 41.3 Å². The fourth-order valence-corrected chi connectivity index (χ4v) is 3.26. The second kappa shape index (κ2) is 15.2. The molecule has 0 amide bonds. The lowest BCUT2D eigenvalue weighted by Gasteiger charge is -2.06. The van der Waals surface area contributed by atoms with Crippen molar-refractivity contribution in [1.29, 1.82) is 0 Å². The molecule has 0 atom stereocenters. The molecule has 8 nitrogen and oxygen atoms in total. The lowest BCUT2D eigenvalue weighted by atomic mass is 10.1. The Labute approximate surface area is 179 Å². The number of aromatic nitrogens is 4. The summed E-state index contributed by atoms with van der Waals surface area (Å²) >= 11 is 0. The molecule has 0 fully saturated rings. The first kappa shape index (κ1) is 25.4. The van der Waals surface area contributed by atoms with E-state index in [-0.39, 0.29) is 0 Å². The van der Waals surface area contributed by atoms with Gasteiger partial charge in [0.2, 0.25) is 0 Å². The molecule has 0 unspecified atom stereocenters. The second-order valence-electron chi connectivity index (χ2n) is 7.48. The molecule has 0 aliphatic carbocycles. The van der Waals surface area contributed by atoms with Crippen LogP contribution in [0.4, 0.5) is 0 Å². The maximum Gasteiger partial charge on any atom is 0.414 e. The van der Waals surface area contributed by atoms with Gasteiger partial charge in [-0.15, -0.1) is 0 Å². The van der Waals surface area contributed by atoms with Crippen molar-refractivity contribution in [3.05, 3.63) is 36.4 Å². The molecule has 0 saturated heterocycles. The predicted octanol–water partition coefficient (Wildman–Crippen LogP) is 4.45. The fraction of sp³-hybridized carbons (Fsp3) is 0.636. The van der Waals surface area contributed by atoms with Crippen molar-refractivity contribution in [3.63, 3.8) is 0 Å². The molecule has 30 heavy (non-hydrogen) atoms. The summed E-state index contributed by atoms with van der Waals surface area (Å²) in [6.07, 6.45) is 21.6. The summed E-state index contributed by atoms with van der Waals surface area (Å²) in [6, 6.07) is 0. The van der Waals surface area contributed by atoms with Crippen LogP contribution in [0.1, 0.15) is 75.9 Å². The van der Waals surface area contributed by atoms with Gasteiger partial charge in [-0.05, 0) is 26.7 Å². The molecule has 2 rings (SSSR count). The number of hydrogen-bond donors (Lipinski definition) is 2. The van der Waals surface area contributed by atoms with Crippen LogP contribution in [0.15, 0.2) is 24.8 Å². The summed E-state index contributed by atoms with van der Waals surface area (Å²) in [7, 11) is 0. The van der Waals surface area contributed by atoms with Crippen molar-refractivity contribution in [3.8, 4) is 0 Å². The first-order valence-electron chi connectivity index (χ1n) is 10.8. The number of carboxylic acids is 2. The Bertz CT molecular complexity index is 677. The number of aryl methyl sites for hydroxylation is 4. The Kier molecular flexibility index (Phi) is 12.9. The van der Waals surface area contributed by atoms with E-state index >= 15 is 0 Å².